The number of ether oxygens (including phenoxy) is 1. The van der Waals surface area contributed by atoms with Gasteiger partial charge in [-0.05, 0) is 74.6 Å². The van der Waals surface area contributed by atoms with E-state index in [4.69, 9.17) is 4.74 Å². The van der Waals surface area contributed by atoms with E-state index in [1.165, 1.54) is 19.2 Å². The van der Waals surface area contributed by atoms with Crippen molar-refractivity contribution in [1.82, 2.24) is 15.6 Å². The summed E-state index contributed by atoms with van der Waals surface area (Å²) in [5.74, 6) is 0.853. The van der Waals surface area contributed by atoms with Crippen molar-refractivity contribution in [3.05, 3.63) is 81.8 Å². The predicted octanol–water partition coefficient (Wildman–Crippen LogP) is 5.21. The monoisotopic (exact) mass is 755 g/mol. The lowest BCUT2D eigenvalue weighted by Crippen LogP contribution is -2.50. The van der Waals surface area contributed by atoms with E-state index < -0.39 is 45.1 Å². The molecule has 1 aromatic heterocycles. The topological polar surface area (TPSA) is 124 Å². The fourth-order valence-corrected chi connectivity index (χ4v) is 6.19. The van der Waals surface area contributed by atoms with Crippen LogP contribution in [0.1, 0.15) is 48.2 Å². The Labute approximate surface area is 287 Å². The van der Waals surface area contributed by atoms with Gasteiger partial charge in [-0.15, -0.1) is 0 Å². The van der Waals surface area contributed by atoms with Crippen LogP contribution in [0.5, 0.6) is 5.75 Å². The van der Waals surface area contributed by atoms with E-state index in [-0.39, 0.29) is 31.1 Å². The van der Waals surface area contributed by atoms with Crippen LogP contribution in [0.4, 0.5) is 24.8 Å². The third kappa shape index (κ3) is 10.3. The number of anilines is 2. The SMILES string of the molecule is CC(C)S(=O)(=O)N(C)c1cc(C(=O)N[C@@H](COc2cccc(Br)c2)[C@H](O)CNCc2cccc(C(F)(F)F)c2)cc(N(C)CC2CC2)n1. The number of hydrogen-bond donors (Lipinski definition) is 3. The number of sulfonamides is 1. The van der Waals surface area contributed by atoms with Gasteiger partial charge in [-0.3, -0.25) is 9.10 Å². The molecule has 1 aliphatic rings. The Balaban J connectivity index is 1.56. The normalized spacial score (nSPS) is 14.8. The van der Waals surface area contributed by atoms with Crippen LogP contribution in [0.2, 0.25) is 0 Å². The highest BCUT2D eigenvalue weighted by Crippen LogP contribution is 2.32. The molecule has 3 aromatic rings. The fraction of sp³-hybridized carbons (Fsp3) is 0.455. The summed E-state index contributed by atoms with van der Waals surface area (Å²) in [5.41, 5.74) is -0.281. The maximum Gasteiger partial charge on any atom is 0.416 e. The zero-order valence-electron chi connectivity index (χ0n) is 27.2. The second-order valence-corrected chi connectivity index (χ2v) is 15.6. The van der Waals surface area contributed by atoms with Crippen LogP contribution in [-0.4, -0.2) is 75.6 Å². The maximum atomic E-state index is 13.8. The largest absolute Gasteiger partial charge is 0.491 e. The Morgan fingerprint density at radius 3 is 2.42 bits per heavy atom. The van der Waals surface area contributed by atoms with E-state index >= 15 is 0 Å². The van der Waals surface area contributed by atoms with Crippen molar-refractivity contribution >= 4 is 43.5 Å². The molecule has 262 valence electrons. The number of alkyl halides is 3. The summed E-state index contributed by atoms with van der Waals surface area (Å²) in [7, 11) is -0.545. The summed E-state index contributed by atoms with van der Waals surface area (Å²) >= 11 is 3.38. The van der Waals surface area contributed by atoms with Gasteiger partial charge in [-0.1, -0.05) is 40.2 Å². The van der Waals surface area contributed by atoms with Crippen LogP contribution in [0.25, 0.3) is 0 Å². The predicted molar refractivity (Wildman–Crippen MR) is 183 cm³/mol. The van der Waals surface area contributed by atoms with Crippen molar-refractivity contribution < 1.29 is 36.2 Å². The summed E-state index contributed by atoms with van der Waals surface area (Å²) < 4.78 is 73.3. The highest BCUT2D eigenvalue weighted by atomic mass is 79.9. The lowest BCUT2D eigenvalue weighted by molar-refractivity contribution is -0.137. The Kier molecular flexibility index (Phi) is 12.4. The number of halogens is 4. The molecule has 0 aliphatic heterocycles. The summed E-state index contributed by atoms with van der Waals surface area (Å²) in [6.45, 7) is 3.60. The molecule has 1 heterocycles. The van der Waals surface area contributed by atoms with Gasteiger partial charge in [0.2, 0.25) is 10.0 Å². The summed E-state index contributed by atoms with van der Waals surface area (Å²) in [6.07, 6.45) is -3.55. The van der Waals surface area contributed by atoms with Gasteiger partial charge in [0.25, 0.3) is 5.91 Å². The van der Waals surface area contributed by atoms with Gasteiger partial charge < -0.3 is 25.4 Å². The van der Waals surface area contributed by atoms with E-state index in [1.54, 1.807) is 44.2 Å². The second-order valence-electron chi connectivity index (χ2n) is 12.2. The van der Waals surface area contributed by atoms with Crippen molar-refractivity contribution in [2.24, 2.45) is 5.92 Å². The van der Waals surface area contributed by atoms with E-state index in [2.05, 4.69) is 31.5 Å². The van der Waals surface area contributed by atoms with E-state index in [9.17, 15) is 31.5 Å². The van der Waals surface area contributed by atoms with Crippen LogP contribution < -0.4 is 24.6 Å². The first-order valence-corrected chi connectivity index (χ1v) is 17.8. The van der Waals surface area contributed by atoms with Crippen molar-refractivity contribution in [3.8, 4) is 5.75 Å². The first kappa shape index (κ1) is 37.4. The average Bonchev–Trinajstić information content (AvgIpc) is 3.86. The minimum atomic E-state index is -4.48. The molecule has 2 atom stereocenters. The Hall–Kier alpha value is -3.40. The van der Waals surface area contributed by atoms with E-state index in [0.29, 0.717) is 29.6 Å². The van der Waals surface area contributed by atoms with Crippen LogP contribution in [0.15, 0.2) is 65.1 Å². The number of nitrogens with zero attached hydrogens (tertiary/aromatic N) is 3. The lowest BCUT2D eigenvalue weighted by atomic mass is 10.1. The number of rotatable bonds is 16. The molecule has 15 heteroatoms. The quantitative estimate of drug-likeness (QED) is 0.182. The molecular weight excluding hydrogens is 715 g/mol. The number of carbonyl (C=O) groups is 1. The number of nitrogens with one attached hydrogen (secondary N) is 2. The van der Waals surface area contributed by atoms with Gasteiger partial charge in [0.1, 0.15) is 24.0 Å². The Bertz CT molecular complexity index is 1670. The molecule has 0 spiro atoms. The van der Waals surface area contributed by atoms with Crippen molar-refractivity contribution in [3.63, 3.8) is 0 Å². The smallest absolute Gasteiger partial charge is 0.416 e. The third-order valence-corrected chi connectivity index (χ3v) is 10.6. The Morgan fingerprint density at radius 2 is 1.77 bits per heavy atom. The number of pyridine rings is 1. The van der Waals surface area contributed by atoms with Crippen LogP contribution in [0.3, 0.4) is 0 Å². The molecule has 1 amide bonds. The zero-order chi connectivity index (χ0) is 35.2. The molecular formula is C33H41BrF3N5O5S. The van der Waals surface area contributed by atoms with Gasteiger partial charge in [0, 0.05) is 43.8 Å². The highest BCUT2D eigenvalue weighted by Gasteiger charge is 2.31. The molecule has 0 bridgehead atoms. The summed E-state index contributed by atoms with van der Waals surface area (Å²) in [4.78, 5) is 20.2. The molecule has 3 N–H and O–H groups in total. The number of carbonyl (C=O) groups excluding carboxylic acids is 1. The van der Waals surface area contributed by atoms with Crippen molar-refractivity contribution in [2.45, 2.75) is 56.8 Å². The summed E-state index contributed by atoms with van der Waals surface area (Å²) in [5, 5.41) is 16.2. The number of amides is 1. The Morgan fingerprint density at radius 1 is 1.08 bits per heavy atom. The lowest BCUT2D eigenvalue weighted by Gasteiger charge is -2.27. The first-order chi connectivity index (χ1) is 22.5. The summed E-state index contributed by atoms with van der Waals surface area (Å²) in [6, 6.07) is 13.9. The van der Waals surface area contributed by atoms with Gasteiger partial charge in [0.15, 0.2) is 0 Å². The van der Waals surface area contributed by atoms with Gasteiger partial charge in [0.05, 0.1) is 23.0 Å². The third-order valence-electron chi connectivity index (χ3n) is 7.92. The van der Waals surface area contributed by atoms with Crippen LogP contribution in [0, 0.1) is 5.92 Å². The number of benzene rings is 2. The number of aliphatic hydroxyl groups is 1. The molecule has 10 nitrogen and oxygen atoms in total. The van der Waals surface area contributed by atoms with E-state index in [1.807, 2.05) is 18.0 Å². The molecule has 1 saturated carbocycles. The minimum Gasteiger partial charge on any atom is -0.491 e. The molecule has 48 heavy (non-hydrogen) atoms. The average molecular weight is 757 g/mol. The molecule has 0 unspecified atom stereocenters. The van der Waals surface area contributed by atoms with Gasteiger partial charge in [-0.2, -0.15) is 13.2 Å². The van der Waals surface area contributed by atoms with E-state index in [0.717, 1.165) is 33.8 Å². The molecule has 1 fully saturated rings. The number of aromatic nitrogens is 1. The number of aliphatic hydroxyl groups excluding tert-OH is 1. The van der Waals surface area contributed by atoms with Crippen molar-refractivity contribution in [1.29, 1.82) is 0 Å². The standard InChI is InChI=1S/C33H41BrF3N5O5S/c1-21(2)48(45,46)42(4)31-15-24(14-30(40-31)41(3)19-22-11-12-22)32(44)39-28(20-47-27-10-6-9-26(34)16-27)29(43)18-38-17-23-7-5-8-25(13-23)33(35,36)37/h5-10,13-16,21-22,28-29,38,43H,11-12,17-20H2,1-4H3,(H,39,44)/t28-,29+/m0/s1. The van der Waals surface area contributed by atoms with Gasteiger partial charge in [-0.25, -0.2) is 13.4 Å². The second kappa shape index (κ2) is 15.9. The van der Waals surface area contributed by atoms with Gasteiger partial charge >= 0.3 is 6.18 Å². The van der Waals surface area contributed by atoms with Crippen LogP contribution in [-0.2, 0) is 22.7 Å². The molecule has 2 aromatic carbocycles. The first-order valence-electron chi connectivity index (χ1n) is 15.5. The maximum absolute atomic E-state index is 13.8. The molecule has 4 rings (SSSR count). The molecule has 0 radical (unpaired) electrons. The van der Waals surface area contributed by atoms with Crippen LogP contribution >= 0.6 is 15.9 Å². The zero-order valence-corrected chi connectivity index (χ0v) is 29.6. The fourth-order valence-electron chi connectivity index (χ4n) is 4.83. The molecule has 0 saturated heterocycles. The number of hydrogen-bond acceptors (Lipinski definition) is 8. The van der Waals surface area contributed by atoms with Crippen molar-refractivity contribution in [2.75, 3.05) is 43.0 Å². The highest BCUT2D eigenvalue weighted by molar-refractivity contribution is 9.10. The minimum absolute atomic E-state index is 0.0369. The molecule has 1 aliphatic carbocycles.